The van der Waals surface area contributed by atoms with E-state index in [1.165, 1.54) is 12.3 Å². The number of nitrogens with zero attached hydrogens (tertiary/aromatic N) is 1. The predicted molar refractivity (Wildman–Crippen MR) is 44.7 cm³/mol. The van der Waals surface area contributed by atoms with Gasteiger partial charge in [-0.1, -0.05) is 0 Å². The van der Waals surface area contributed by atoms with Crippen molar-refractivity contribution in [3.63, 3.8) is 0 Å². The molecule has 12 heavy (non-hydrogen) atoms. The molecular weight excluding hydrogens is 156 g/mol. The maximum Gasteiger partial charge on any atom is 0.165 e. The summed E-state index contributed by atoms with van der Waals surface area (Å²) in [6, 6.07) is 3.08. The van der Waals surface area contributed by atoms with Gasteiger partial charge in [-0.2, -0.15) is 0 Å². The Balaban J connectivity index is 2.81. The number of aliphatic hydroxyl groups is 1. The minimum atomic E-state index is -0.138. The number of aromatic nitrogens is 1. The number of hydrogen-bond acceptors (Lipinski definition) is 4. The van der Waals surface area contributed by atoms with Gasteiger partial charge in [-0.05, 0) is 12.1 Å². The molecule has 0 aliphatic heterocycles. The summed E-state index contributed by atoms with van der Waals surface area (Å²) in [4.78, 5) is 14.9. The average Bonchev–Trinajstić information content (AvgIpc) is 2.05. The van der Waals surface area contributed by atoms with E-state index in [9.17, 15) is 4.79 Å². The zero-order chi connectivity index (χ0) is 8.97. The fourth-order valence-corrected chi connectivity index (χ4v) is 0.868. The van der Waals surface area contributed by atoms with Crippen molar-refractivity contribution in [2.24, 2.45) is 0 Å². The van der Waals surface area contributed by atoms with Gasteiger partial charge in [-0.25, -0.2) is 4.98 Å². The molecule has 0 aromatic carbocycles. The van der Waals surface area contributed by atoms with Crippen LogP contribution >= 0.6 is 0 Å². The van der Waals surface area contributed by atoms with Crippen LogP contribution in [0.1, 0.15) is 16.8 Å². The minimum Gasteiger partial charge on any atom is -0.396 e. The van der Waals surface area contributed by atoms with E-state index in [-0.39, 0.29) is 18.8 Å². The molecule has 4 nitrogen and oxygen atoms in total. The lowest BCUT2D eigenvalue weighted by atomic mass is 10.1. The number of nitrogens with two attached hydrogens (primary N) is 1. The molecule has 4 heteroatoms. The highest BCUT2D eigenvalue weighted by Gasteiger charge is 2.04. The Bertz CT molecular complexity index is 286. The van der Waals surface area contributed by atoms with Gasteiger partial charge < -0.3 is 10.8 Å². The third kappa shape index (κ3) is 2.03. The highest BCUT2D eigenvalue weighted by molar-refractivity contribution is 5.96. The Morgan fingerprint density at radius 3 is 3.00 bits per heavy atom. The van der Waals surface area contributed by atoms with Crippen molar-refractivity contribution in [1.29, 1.82) is 0 Å². The predicted octanol–water partition coefficient (Wildman–Crippen LogP) is 0.229. The van der Waals surface area contributed by atoms with Crippen LogP contribution in [0.2, 0.25) is 0 Å². The Labute approximate surface area is 70.0 Å². The lowest BCUT2D eigenvalue weighted by Gasteiger charge is -1.98. The third-order valence-electron chi connectivity index (χ3n) is 1.44. The number of ketones is 1. The Kier molecular flexibility index (Phi) is 2.76. The highest BCUT2D eigenvalue weighted by atomic mass is 16.3. The van der Waals surface area contributed by atoms with E-state index in [0.29, 0.717) is 11.4 Å². The van der Waals surface area contributed by atoms with Crippen molar-refractivity contribution in [2.45, 2.75) is 6.42 Å². The number of anilines is 1. The first kappa shape index (κ1) is 8.67. The number of Topliss-reactive ketones (excluding diaryl/α,β-unsaturated/α-hetero) is 1. The van der Waals surface area contributed by atoms with E-state index in [0.717, 1.165) is 0 Å². The fourth-order valence-electron chi connectivity index (χ4n) is 0.868. The van der Waals surface area contributed by atoms with Gasteiger partial charge in [0, 0.05) is 18.2 Å². The van der Waals surface area contributed by atoms with E-state index < -0.39 is 0 Å². The Morgan fingerprint density at radius 2 is 2.42 bits per heavy atom. The second kappa shape index (κ2) is 3.82. The summed E-state index contributed by atoms with van der Waals surface area (Å²) in [5.41, 5.74) is 5.86. The molecule has 0 saturated heterocycles. The van der Waals surface area contributed by atoms with E-state index in [1.807, 2.05) is 0 Å². The highest BCUT2D eigenvalue weighted by Crippen LogP contribution is 2.05. The zero-order valence-corrected chi connectivity index (χ0v) is 6.53. The van der Waals surface area contributed by atoms with Gasteiger partial charge in [0.15, 0.2) is 5.78 Å². The average molecular weight is 166 g/mol. The van der Waals surface area contributed by atoms with Crippen LogP contribution in [0.4, 0.5) is 5.82 Å². The summed E-state index contributed by atoms with van der Waals surface area (Å²) in [6.45, 7) is -0.138. The van der Waals surface area contributed by atoms with Crippen molar-refractivity contribution < 1.29 is 9.90 Å². The van der Waals surface area contributed by atoms with E-state index in [2.05, 4.69) is 4.98 Å². The second-order valence-corrected chi connectivity index (χ2v) is 2.37. The molecule has 1 aromatic heterocycles. The number of pyridine rings is 1. The van der Waals surface area contributed by atoms with Crippen LogP contribution in [0, 0.1) is 0 Å². The summed E-state index contributed by atoms with van der Waals surface area (Å²) < 4.78 is 0. The van der Waals surface area contributed by atoms with Crippen molar-refractivity contribution in [1.82, 2.24) is 4.98 Å². The van der Waals surface area contributed by atoms with Crippen LogP contribution in [-0.2, 0) is 0 Å². The SMILES string of the molecule is Nc1cc(C(=O)CCO)ccn1. The third-order valence-corrected chi connectivity index (χ3v) is 1.44. The molecule has 0 saturated carbocycles. The molecule has 3 N–H and O–H groups in total. The van der Waals surface area contributed by atoms with Crippen molar-refractivity contribution in [2.75, 3.05) is 12.3 Å². The van der Waals surface area contributed by atoms with E-state index >= 15 is 0 Å². The number of rotatable bonds is 3. The molecule has 0 aliphatic carbocycles. The lowest BCUT2D eigenvalue weighted by Crippen LogP contribution is -2.03. The van der Waals surface area contributed by atoms with Gasteiger partial charge in [0.25, 0.3) is 0 Å². The van der Waals surface area contributed by atoms with Gasteiger partial charge in [0.05, 0.1) is 6.61 Å². The number of nitrogen functional groups attached to an aromatic ring is 1. The molecular formula is C8H10N2O2. The molecule has 0 aliphatic rings. The summed E-state index contributed by atoms with van der Waals surface area (Å²) in [6.07, 6.45) is 1.60. The van der Waals surface area contributed by atoms with Gasteiger partial charge >= 0.3 is 0 Å². The molecule has 1 aromatic rings. The summed E-state index contributed by atoms with van der Waals surface area (Å²) >= 11 is 0. The number of aliphatic hydroxyl groups excluding tert-OH is 1. The largest absolute Gasteiger partial charge is 0.396 e. The van der Waals surface area contributed by atoms with E-state index in [1.54, 1.807) is 6.07 Å². The van der Waals surface area contributed by atoms with Gasteiger partial charge in [0.1, 0.15) is 5.82 Å². The molecule has 0 radical (unpaired) electrons. The number of carbonyl (C=O) groups is 1. The standard InChI is InChI=1S/C8H10N2O2/c9-8-5-6(1-3-10-8)7(12)2-4-11/h1,3,5,11H,2,4H2,(H2,9,10). The first-order valence-electron chi connectivity index (χ1n) is 3.59. The molecule has 0 atom stereocenters. The van der Waals surface area contributed by atoms with Crippen LogP contribution in [-0.4, -0.2) is 22.5 Å². The summed E-state index contributed by atoms with van der Waals surface area (Å²) in [5.74, 6) is 0.199. The number of carbonyl (C=O) groups excluding carboxylic acids is 1. The van der Waals surface area contributed by atoms with Gasteiger partial charge in [-0.15, -0.1) is 0 Å². The first-order valence-corrected chi connectivity index (χ1v) is 3.59. The second-order valence-electron chi connectivity index (χ2n) is 2.37. The van der Waals surface area contributed by atoms with Gasteiger partial charge in [0.2, 0.25) is 0 Å². The maximum atomic E-state index is 11.2. The van der Waals surface area contributed by atoms with Crippen LogP contribution < -0.4 is 5.73 Å². The van der Waals surface area contributed by atoms with E-state index in [4.69, 9.17) is 10.8 Å². The fraction of sp³-hybridized carbons (Fsp3) is 0.250. The molecule has 1 rings (SSSR count). The Hall–Kier alpha value is -1.42. The number of hydrogen-bond donors (Lipinski definition) is 2. The van der Waals surface area contributed by atoms with Crippen molar-refractivity contribution >= 4 is 11.6 Å². The van der Waals surface area contributed by atoms with Gasteiger partial charge in [-0.3, -0.25) is 4.79 Å². The topological polar surface area (TPSA) is 76.2 Å². The van der Waals surface area contributed by atoms with Crippen LogP contribution in [0.5, 0.6) is 0 Å². The quantitative estimate of drug-likeness (QED) is 0.630. The van der Waals surface area contributed by atoms with Crippen LogP contribution in [0.15, 0.2) is 18.3 Å². The molecule has 1 heterocycles. The summed E-state index contributed by atoms with van der Waals surface area (Å²) in [7, 11) is 0. The molecule has 0 spiro atoms. The zero-order valence-electron chi connectivity index (χ0n) is 6.53. The van der Waals surface area contributed by atoms with Crippen LogP contribution in [0.3, 0.4) is 0 Å². The van der Waals surface area contributed by atoms with Crippen molar-refractivity contribution in [3.05, 3.63) is 23.9 Å². The Morgan fingerprint density at radius 1 is 1.67 bits per heavy atom. The molecule has 64 valence electrons. The smallest absolute Gasteiger partial charge is 0.165 e. The van der Waals surface area contributed by atoms with Crippen LogP contribution in [0.25, 0.3) is 0 Å². The molecule has 0 bridgehead atoms. The minimum absolute atomic E-state index is 0.119. The lowest BCUT2D eigenvalue weighted by molar-refractivity contribution is 0.0956. The molecule has 0 amide bonds. The molecule has 0 unspecified atom stereocenters. The normalized spacial score (nSPS) is 9.75. The summed E-state index contributed by atoms with van der Waals surface area (Å²) in [5, 5.41) is 8.50. The maximum absolute atomic E-state index is 11.2. The first-order chi connectivity index (χ1) is 5.74. The monoisotopic (exact) mass is 166 g/mol. The van der Waals surface area contributed by atoms with Crippen molar-refractivity contribution in [3.8, 4) is 0 Å². The molecule has 0 fully saturated rings.